The average molecular weight is 289 g/mol. The van der Waals surface area contributed by atoms with Crippen LogP contribution in [0.25, 0.3) is 0 Å². The number of hydrogen-bond acceptors (Lipinski definition) is 4. The van der Waals surface area contributed by atoms with E-state index in [0.717, 1.165) is 43.7 Å². The summed E-state index contributed by atoms with van der Waals surface area (Å²) in [7, 11) is 0. The molecule has 0 radical (unpaired) electrons. The van der Waals surface area contributed by atoms with Gasteiger partial charge in [0.2, 0.25) is 0 Å². The molecule has 0 bridgehead atoms. The van der Waals surface area contributed by atoms with E-state index in [0.29, 0.717) is 12.3 Å². The zero-order chi connectivity index (χ0) is 14.9. The molecule has 21 heavy (non-hydrogen) atoms. The number of benzene rings is 1. The van der Waals surface area contributed by atoms with Crippen LogP contribution in [0.1, 0.15) is 37.6 Å². The lowest BCUT2D eigenvalue weighted by molar-refractivity contribution is 0.275. The second kappa shape index (κ2) is 8.42. The maximum Gasteiger partial charge on any atom is 0.119 e. The molecule has 2 rings (SSSR count). The number of rotatable bonds is 9. The minimum Gasteiger partial charge on any atom is -0.494 e. The summed E-state index contributed by atoms with van der Waals surface area (Å²) >= 11 is 0. The zero-order valence-electron chi connectivity index (χ0n) is 12.5. The first-order valence-corrected chi connectivity index (χ1v) is 7.55. The highest BCUT2D eigenvalue weighted by atomic mass is 16.5. The van der Waals surface area contributed by atoms with Crippen molar-refractivity contribution in [1.82, 2.24) is 15.0 Å². The summed E-state index contributed by atoms with van der Waals surface area (Å²) in [5.74, 6) is 0.910. The number of para-hydroxylation sites is 1. The normalized spacial score (nSPS) is 10.8. The van der Waals surface area contributed by atoms with Gasteiger partial charge in [0, 0.05) is 6.54 Å². The minimum atomic E-state index is -0.0353. The SMILES string of the molecule is CCCc1c(CO)nnn1CCCCOc1ccccc1. The quantitative estimate of drug-likeness (QED) is 0.721. The Morgan fingerprint density at radius 1 is 1.19 bits per heavy atom. The summed E-state index contributed by atoms with van der Waals surface area (Å²) in [5, 5.41) is 17.4. The van der Waals surface area contributed by atoms with Crippen molar-refractivity contribution < 1.29 is 9.84 Å². The standard InChI is InChI=1S/C16H23N3O2/c1-2-8-16-15(13-20)17-18-19(16)11-6-7-12-21-14-9-4-3-5-10-14/h3-5,9-10,20H,2,6-8,11-13H2,1H3. The Morgan fingerprint density at radius 2 is 2.00 bits per heavy atom. The number of aliphatic hydroxyl groups excluding tert-OH is 1. The van der Waals surface area contributed by atoms with Gasteiger partial charge in [-0.05, 0) is 31.4 Å². The third-order valence-electron chi connectivity index (χ3n) is 3.33. The summed E-state index contributed by atoms with van der Waals surface area (Å²) in [5.41, 5.74) is 1.77. The van der Waals surface area contributed by atoms with E-state index >= 15 is 0 Å². The monoisotopic (exact) mass is 289 g/mol. The number of aryl methyl sites for hydroxylation is 1. The number of nitrogens with zero attached hydrogens (tertiary/aromatic N) is 3. The number of aromatic nitrogens is 3. The second-order valence-corrected chi connectivity index (χ2v) is 4.98. The molecule has 1 aromatic heterocycles. The molecule has 1 aromatic carbocycles. The Bertz CT molecular complexity index is 526. The van der Waals surface area contributed by atoms with Gasteiger partial charge in [-0.1, -0.05) is 36.8 Å². The van der Waals surface area contributed by atoms with Crippen LogP contribution in [-0.4, -0.2) is 26.7 Å². The first-order chi connectivity index (χ1) is 10.3. The Hall–Kier alpha value is -1.88. The maximum atomic E-state index is 9.26. The van der Waals surface area contributed by atoms with Gasteiger partial charge in [-0.15, -0.1) is 5.10 Å². The van der Waals surface area contributed by atoms with E-state index in [1.54, 1.807) is 0 Å². The Labute approximate surface area is 125 Å². The van der Waals surface area contributed by atoms with Gasteiger partial charge in [-0.3, -0.25) is 0 Å². The molecule has 1 N–H and O–H groups in total. The topological polar surface area (TPSA) is 60.2 Å². The summed E-state index contributed by atoms with van der Waals surface area (Å²) in [4.78, 5) is 0. The van der Waals surface area contributed by atoms with E-state index in [4.69, 9.17) is 4.74 Å². The van der Waals surface area contributed by atoms with E-state index in [2.05, 4.69) is 17.2 Å². The van der Waals surface area contributed by atoms with Crippen molar-refractivity contribution in [3.05, 3.63) is 41.7 Å². The van der Waals surface area contributed by atoms with Crippen LogP contribution in [-0.2, 0) is 19.6 Å². The van der Waals surface area contributed by atoms with Crippen molar-refractivity contribution in [2.24, 2.45) is 0 Å². The van der Waals surface area contributed by atoms with Gasteiger partial charge in [0.05, 0.1) is 18.9 Å². The predicted molar refractivity (Wildman–Crippen MR) is 81.1 cm³/mol. The summed E-state index contributed by atoms with van der Waals surface area (Å²) < 4.78 is 7.58. The lowest BCUT2D eigenvalue weighted by Gasteiger charge is -2.08. The van der Waals surface area contributed by atoms with E-state index in [1.165, 1.54) is 0 Å². The molecule has 0 aliphatic carbocycles. The minimum absolute atomic E-state index is 0.0353. The van der Waals surface area contributed by atoms with Crippen molar-refractivity contribution >= 4 is 0 Å². The predicted octanol–water partition coefficient (Wildman–Crippen LogP) is 2.58. The number of aliphatic hydroxyl groups is 1. The van der Waals surface area contributed by atoms with Crippen LogP contribution >= 0.6 is 0 Å². The molecule has 0 aliphatic heterocycles. The van der Waals surface area contributed by atoms with Crippen LogP contribution in [0, 0.1) is 0 Å². The van der Waals surface area contributed by atoms with Crippen molar-refractivity contribution in [2.75, 3.05) is 6.61 Å². The molecule has 0 atom stereocenters. The van der Waals surface area contributed by atoms with Crippen LogP contribution in [0.15, 0.2) is 30.3 Å². The highest BCUT2D eigenvalue weighted by molar-refractivity contribution is 5.20. The number of ether oxygens (including phenoxy) is 1. The van der Waals surface area contributed by atoms with Crippen molar-refractivity contribution in [3.8, 4) is 5.75 Å². The smallest absolute Gasteiger partial charge is 0.119 e. The second-order valence-electron chi connectivity index (χ2n) is 4.98. The van der Waals surface area contributed by atoms with Gasteiger partial charge in [0.1, 0.15) is 11.4 Å². The highest BCUT2D eigenvalue weighted by Gasteiger charge is 2.10. The molecule has 0 amide bonds. The largest absolute Gasteiger partial charge is 0.494 e. The van der Waals surface area contributed by atoms with Gasteiger partial charge in [-0.25, -0.2) is 4.68 Å². The summed E-state index contributed by atoms with van der Waals surface area (Å²) in [6.07, 6.45) is 3.88. The molecule has 0 saturated heterocycles. The Kier molecular flexibility index (Phi) is 6.22. The lowest BCUT2D eigenvalue weighted by Crippen LogP contribution is -2.08. The van der Waals surface area contributed by atoms with Crippen molar-refractivity contribution in [3.63, 3.8) is 0 Å². The summed E-state index contributed by atoms with van der Waals surface area (Å²) in [6.45, 7) is 3.60. The fraction of sp³-hybridized carbons (Fsp3) is 0.500. The molecule has 5 heteroatoms. The van der Waals surface area contributed by atoms with E-state index < -0.39 is 0 Å². The number of hydrogen-bond donors (Lipinski definition) is 1. The number of unbranched alkanes of at least 4 members (excludes halogenated alkanes) is 1. The van der Waals surface area contributed by atoms with E-state index in [-0.39, 0.29) is 6.61 Å². The third kappa shape index (κ3) is 4.56. The molecule has 0 fully saturated rings. The average Bonchev–Trinajstić information content (AvgIpc) is 2.91. The molecule has 2 aromatic rings. The molecular formula is C16H23N3O2. The fourth-order valence-electron chi connectivity index (χ4n) is 2.25. The lowest BCUT2D eigenvalue weighted by atomic mass is 10.2. The molecule has 0 aliphatic rings. The van der Waals surface area contributed by atoms with Gasteiger partial charge < -0.3 is 9.84 Å². The van der Waals surface area contributed by atoms with Gasteiger partial charge in [-0.2, -0.15) is 0 Å². The fourth-order valence-corrected chi connectivity index (χ4v) is 2.25. The highest BCUT2D eigenvalue weighted by Crippen LogP contribution is 2.11. The van der Waals surface area contributed by atoms with Crippen LogP contribution in [0.2, 0.25) is 0 Å². The van der Waals surface area contributed by atoms with Crippen LogP contribution < -0.4 is 4.74 Å². The molecule has 1 heterocycles. The third-order valence-corrected chi connectivity index (χ3v) is 3.33. The molecule has 5 nitrogen and oxygen atoms in total. The Morgan fingerprint density at radius 3 is 2.71 bits per heavy atom. The molecule has 0 saturated carbocycles. The van der Waals surface area contributed by atoms with Gasteiger partial charge in [0.25, 0.3) is 0 Å². The van der Waals surface area contributed by atoms with Gasteiger partial charge >= 0.3 is 0 Å². The summed E-state index contributed by atoms with van der Waals surface area (Å²) in [6, 6.07) is 9.84. The van der Waals surface area contributed by atoms with Crippen LogP contribution in [0.4, 0.5) is 0 Å². The van der Waals surface area contributed by atoms with E-state index in [1.807, 2.05) is 35.0 Å². The Balaban J connectivity index is 1.74. The van der Waals surface area contributed by atoms with Crippen LogP contribution in [0.5, 0.6) is 5.75 Å². The molecule has 114 valence electrons. The van der Waals surface area contributed by atoms with Gasteiger partial charge in [0.15, 0.2) is 0 Å². The van der Waals surface area contributed by atoms with Crippen molar-refractivity contribution in [2.45, 2.75) is 45.8 Å². The first kappa shape index (κ1) is 15.5. The molecule has 0 spiro atoms. The van der Waals surface area contributed by atoms with E-state index in [9.17, 15) is 5.11 Å². The molecule has 0 unspecified atom stereocenters. The maximum absolute atomic E-state index is 9.26. The molecular weight excluding hydrogens is 266 g/mol. The first-order valence-electron chi connectivity index (χ1n) is 7.55. The van der Waals surface area contributed by atoms with Crippen LogP contribution in [0.3, 0.4) is 0 Å². The zero-order valence-corrected chi connectivity index (χ0v) is 12.5. The van der Waals surface area contributed by atoms with Crippen molar-refractivity contribution in [1.29, 1.82) is 0 Å².